The van der Waals surface area contributed by atoms with Gasteiger partial charge < -0.3 is 10.4 Å². The van der Waals surface area contributed by atoms with Gasteiger partial charge in [0.1, 0.15) is 10.7 Å². The molecule has 2 N–H and O–H groups in total. The van der Waals surface area contributed by atoms with Crippen LogP contribution in [0.15, 0.2) is 47.6 Å². The Labute approximate surface area is 147 Å². The number of anilines is 2. The maximum absolute atomic E-state index is 14.0. The Morgan fingerprint density at radius 1 is 1.24 bits per heavy atom. The second kappa shape index (κ2) is 6.87. The Kier molecular flexibility index (Phi) is 4.80. The van der Waals surface area contributed by atoms with E-state index in [9.17, 15) is 17.9 Å². The van der Waals surface area contributed by atoms with Crippen molar-refractivity contribution in [1.82, 2.24) is 9.97 Å². The summed E-state index contributed by atoms with van der Waals surface area (Å²) in [5.74, 6) is -0.833. The number of hydrogen-bond donors (Lipinski definition) is 2. The maximum atomic E-state index is 14.0. The summed E-state index contributed by atoms with van der Waals surface area (Å²) in [6, 6.07) is 7.32. The van der Waals surface area contributed by atoms with Crippen LogP contribution in [0.3, 0.4) is 0 Å². The minimum atomic E-state index is -3.62. The number of halogens is 1. The molecule has 0 fully saturated rings. The van der Waals surface area contributed by atoms with Crippen LogP contribution in [0.4, 0.5) is 15.2 Å². The summed E-state index contributed by atoms with van der Waals surface area (Å²) in [7, 11) is -3.62. The second-order valence-electron chi connectivity index (χ2n) is 5.23. The predicted molar refractivity (Wildman–Crippen MR) is 94.1 cm³/mol. The fourth-order valence-corrected chi connectivity index (χ4v) is 3.84. The third kappa shape index (κ3) is 3.84. The molecule has 0 radical (unpaired) electrons. The van der Waals surface area contributed by atoms with Gasteiger partial charge in [0.15, 0.2) is 15.0 Å². The van der Waals surface area contributed by atoms with Crippen LogP contribution in [-0.4, -0.2) is 29.7 Å². The fraction of sp³-hybridized carbons (Fsp3) is 0.125. The van der Waals surface area contributed by atoms with Gasteiger partial charge in [-0.05, 0) is 30.3 Å². The molecule has 3 aromatic rings. The highest BCUT2D eigenvalue weighted by molar-refractivity contribution is 7.90. The van der Waals surface area contributed by atoms with Crippen LogP contribution in [0.5, 0.6) is 0 Å². The molecule has 6 nitrogen and oxygen atoms in total. The van der Waals surface area contributed by atoms with Gasteiger partial charge in [-0.3, -0.25) is 4.98 Å². The molecule has 1 aromatic carbocycles. The van der Waals surface area contributed by atoms with Crippen molar-refractivity contribution in [2.75, 3.05) is 11.6 Å². The van der Waals surface area contributed by atoms with Gasteiger partial charge in [0, 0.05) is 29.9 Å². The lowest BCUT2D eigenvalue weighted by molar-refractivity contribution is 0.286. The Balaban J connectivity index is 1.92. The minimum absolute atomic E-state index is 0.182. The lowest BCUT2D eigenvalue weighted by Gasteiger charge is -2.05. The SMILES string of the molecule is CS(=O)(=O)c1ccc(Nc2nc(-c3ccncc3)c(CO)s2)cc1F. The smallest absolute Gasteiger partial charge is 0.188 e. The first kappa shape index (κ1) is 17.5. The van der Waals surface area contributed by atoms with Crippen LogP contribution in [0.25, 0.3) is 11.3 Å². The topological polar surface area (TPSA) is 92.2 Å². The number of hydrogen-bond acceptors (Lipinski definition) is 7. The molecule has 0 bridgehead atoms. The molecule has 0 atom stereocenters. The number of nitrogens with zero attached hydrogens (tertiary/aromatic N) is 2. The average Bonchev–Trinajstić information content (AvgIpc) is 2.97. The summed E-state index contributed by atoms with van der Waals surface area (Å²) in [5.41, 5.74) is 1.79. The quantitative estimate of drug-likeness (QED) is 0.708. The Morgan fingerprint density at radius 3 is 2.56 bits per heavy atom. The maximum Gasteiger partial charge on any atom is 0.188 e. The molecule has 0 aliphatic carbocycles. The van der Waals surface area contributed by atoms with E-state index < -0.39 is 15.7 Å². The number of pyridine rings is 1. The van der Waals surface area contributed by atoms with E-state index in [0.717, 1.165) is 17.9 Å². The van der Waals surface area contributed by atoms with Crippen molar-refractivity contribution in [3.63, 3.8) is 0 Å². The first-order valence-electron chi connectivity index (χ1n) is 7.16. The molecule has 0 amide bonds. The molecule has 25 heavy (non-hydrogen) atoms. The van der Waals surface area contributed by atoms with Crippen molar-refractivity contribution in [3.05, 3.63) is 53.4 Å². The van der Waals surface area contributed by atoms with E-state index in [4.69, 9.17) is 0 Å². The van der Waals surface area contributed by atoms with Crippen LogP contribution in [-0.2, 0) is 16.4 Å². The van der Waals surface area contributed by atoms with Crippen LogP contribution in [0, 0.1) is 5.82 Å². The molecule has 0 aliphatic rings. The van der Waals surface area contributed by atoms with Crippen molar-refractivity contribution < 1.29 is 17.9 Å². The highest BCUT2D eigenvalue weighted by Gasteiger charge is 2.16. The van der Waals surface area contributed by atoms with E-state index >= 15 is 0 Å². The van der Waals surface area contributed by atoms with Crippen molar-refractivity contribution in [1.29, 1.82) is 0 Å². The van der Waals surface area contributed by atoms with Crippen LogP contribution >= 0.6 is 11.3 Å². The Morgan fingerprint density at radius 2 is 1.96 bits per heavy atom. The number of rotatable bonds is 5. The predicted octanol–water partition coefficient (Wildman–Crippen LogP) is 2.98. The standard InChI is InChI=1S/C16H14FN3O3S2/c1-25(22,23)14-3-2-11(8-12(14)17)19-16-20-15(13(9-21)24-16)10-4-6-18-7-5-10/h2-8,21H,9H2,1H3,(H,19,20). The summed E-state index contributed by atoms with van der Waals surface area (Å²) < 4.78 is 36.9. The molecule has 0 saturated carbocycles. The van der Waals surface area contributed by atoms with Crippen LogP contribution in [0.2, 0.25) is 0 Å². The average molecular weight is 379 g/mol. The first-order valence-corrected chi connectivity index (χ1v) is 9.87. The number of nitrogens with one attached hydrogen (secondary N) is 1. The van der Waals surface area contributed by atoms with E-state index in [1.807, 2.05) is 0 Å². The molecular weight excluding hydrogens is 365 g/mol. The van der Waals surface area contributed by atoms with E-state index in [0.29, 0.717) is 21.4 Å². The van der Waals surface area contributed by atoms with Gasteiger partial charge in [-0.25, -0.2) is 17.8 Å². The molecular formula is C16H14FN3O3S2. The molecule has 0 saturated heterocycles. The molecule has 3 rings (SSSR count). The van der Waals surface area contributed by atoms with E-state index in [-0.39, 0.29) is 11.5 Å². The monoisotopic (exact) mass is 379 g/mol. The van der Waals surface area contributed by atoms with Crippen LogP contribution < -0.4 is 5.32 Å². The van der Waals surface area contributed by atoms with E-state index in [1.54, 1.807) is 24.5 Å². The van der Waals surface area contributed by atoms with Crippen molar-refractivity contribution >= 4 is 32.0 Å². The molecule has 9 heteroatoms. The first-order chi connectivity index (χ1) is 11.9. The van der Waals surface area contributed by atoms with Gasteiger partial charge in [-0.2, -0.15) is 0 Å². The van der Waals surface area contributed by atoms with Gasteiger partial charge in [-0.15, -0.1) is 0 Å². The van der Waals surface area contributed by atoms with E-state index in [1.165, 1.54) is 23.5 Å². The fourth-order valence-electron chi connectivity index (χ4n) is 2.25. The minimum Gasteiger partial charge on any atom is -0.391 e. The number of sulfone groups is 1. The van der Waals surface area contributed by atoms with Gasteiger partial charge >= 0.3 is 0 Å². The number of thiazole rings is 1. The lowest BCUT2D eigenvalue weighted by atomic mass is 10.2. The second-order valence-corrected chi connectivity index (χ2v) is 8.29. The van der Waals surface area contributed by atoms with Crippen molar-refractivity contribution in [2.24, 2.45) is 0 Å². The number of aliphatic hydroxyl groups excluding tert-OH is 1. The highest BCUT2D eigenvalue weighted by atomic mass is 32.2. The van der Waals surface area contributed by atoms with Gasteiger partial charge in [0.05, 0.1) is 17.2 Å². The van der Waals surface area contributed by atoms with Crippen LogP contribution in [0.1, 0.15) is 4.88 Å². The molecule has 0 spiro atoms. The largest absolute Gasteiger partial charge is 0.391 e. The lowest BCUT2D eigenvalue weighted by Crippen LogP contribution is -2.01. The van der Waals surface area contributed by atoms with Gasteiger partial charge in [0.25, 0.3) is 0 Å². The molecule has 130 valence electrons. The highest BCUT2D eigenvalue weighted by Crippen LogP contribution is 2.33. The van der Waals surface area contributed by atoms with Crippen molar-refractivity contribution in [3.8, 4) is 11.3 Å². The summed E-state index contributed by atoms with van der Waals surface area (Å²) in [6.07, 6.45) is 4.21. The zero-order chi connectivity index (χ0) is 18.0. The molecule has 2 aromatic heterocycles. The zero-order valence-electron chi connectivity index (χ0n) is 13.1. The van der Waals surface area contributed by atoms with Gasteiger partial charge in [0.2, 0.25) is 0 Å². The van der Waals surface area contributed by atoms with Gasteiger partial charge in [-0.1, -0.05) is 11.3 Å². The summed E-state index contributed by atoms with van der Waals surface area (Å²) in [6.45, 7) is -0.182. The Hall–Kier alpha value is -2.36. The third-order valence-corrected chi connectivity index (χ3v) is 5.46. The normalized spacial score (nSPS) is 11.5. The van der Waals surface area contributed by atoms with E-state index in [2.05, 4.69) is 15.3 Å². The molecule has 2 heterocycles. The third-order valence-electron chi connectivity index (χ3n) is 3.38. The molecule has 0 unspecified atom stereocenters. The number of aliphatic hydroxyl groups is 1. The summed E-state index contributed by atoms with van der Waals surface area (Å²) in [4.78, 5) is 8.67. The number of aromatic nitrogens is 2. The molecule has 0 aliphatic heterocycles. The summed E-state index contributed by atoms with van der Waals surface area (Å²) in [5, 5.41) is 12.9. The summed E-state index contributed by atoms with van der Waals surface area (Å²) >= 11 is 1.23. The van der Waals surface area contributed by atoms with Crippen molar-refractivity contribution in [2.45, 2.75) is 11.5 Å². The Bertz CT molecular complexity index is 1000. The zero-order valence-corrected chi connectivity index (χ0v) is 14.7. The number of benzene rings is 1.